The summed E-state index contributed by atoms with van der Waals surface area (Å²) in [7, 11) is 0. The van der Waals surface area contributed by atoms with E-state index in [0.29, 0.717) is 6.54 Å². The zero-order chi connectivity index (χ0) is 16.2. The minimum Gasteiger partial charge on any atom is -0.390 e. The number of aryl methyl sites for hydroxylation is 1. The Morgan fingerprint density at radius 2 is 2.26 bits per heavy atom. The summed E-state index contributed by atoms with van der Waals surface area (Å²) in [5.41, 5.74) is 3.75. The van der Waals surface area contributed by atoms with Crippen molar-refractivity contribution in [3.05, 3.63) is 36.0 Å². The van der Waals surface area contributed by atoms with Crippen molar-refractivity contribution >= 4 is 28.3 Å². The number of rotatable bonds is 4. The lowest BCUT2D eigenvalue weighted by Crippen LogP contribution is -2.35. The van der Waals surface area contributed by atoms with Crippen molar-refractivity contribution in [1.29, 1.82) is 0 Å². The predicted octanol–water partition coefficient (Wildman–Crippen LogP) is 3.22. The van der Waals surface area contributed by atoms with Gasteiger partial charge in [-0.15, -0.1) is 0 Å². The fraction of sp³-hybridized carbons (Fsp3) is 0.353. The number of hydrogen-bond acceptors (Lipinski definition) is 4. The van der Waals surface area contributed by atoms with Gasteiger partial charge in [0, 0.05) is 18.0 Å². The third-order valence-corrected chi connectivity index (χ3v) is 3.91. The lowest BCUT2D eigenvalue weighted by molar-refractivity contribution is 0.0870. The van der Waals surface area contributed by atoms with Crippen LogP contribution in [-0.2, 0) is 4.84 Å². The molecule has 1 aromatic heterocycles. The Balaban J connectivity index is 1.62. The number of urea groups is 1. The summed E-state index contributed by atoms with van der Waals surface area (Å²) in [5.74, 6) is 0. The molecule has 1 aliphatic heterocycles. The SMILES string of the molecule is CCC1=NO[C@@H](CNC(=O)Nc2ccc(C)c3ncccc23)C1. The number of carbonyl (C=O) groups excluding carboxylic acids is 1. The van der Waals surface area contributed by atoms with Gasteiger partial charge in [-0.05, 0) is 37.1 Å². The van der Waals surface area contributed by atoms with Gasteiger partial charge in [0.05, 0.1) is 23.5 Å². The number of nitrogens with zero attached hydrogens (tertiary/aromatic N) is 2. The van der Waals surface area contributed by atoms with E-state index in [0.717, 1.165) is 40.7 Å². The molecule has 120 valence electrons. The summed E-state index contributed by atoms with van der Waals surface area (Å²) in [4.78, 5) is 21.8. The Kier molecular flexibility index (Phi) is 4.41. The van der Waals surface area contributed by atoms with Crippen LogP contribution in [0.4, 0.5) is 10.5 Å². The van der Waals surface area contributed by atoms with Crippen molar-refractivity contribution < 1.29 is 9.63 Å². The van der Waals surface area contributed by atoms with Crippen LogP contribution < -0.4 is 10.6 Å². The van der Waals surface area contributed by atoms with Crippen LogP contribution in [0.2, 0.25) is 0 Å². The van der Waals surface area contributed by atoms with Crippen LogP contribution in [0.15, 0.2) is 35.6 Å². The van der Waals surface area contributed by atoms with Gasteiger partial charge in [0.25, 0.3) is 0 Å². The molecule has 2 heterocycles. The van der Waals surface area contributed by atoms with Gasteiger partial charge in [-0.25, -0.2) is 4.79 Å². The van der Waals surface area contributed by atoms with Crippen molar-refractivity contribution in [2.45, 2.75) is 32.8 Å². The Bertz CT molecular complexity index is 757. The highest BCUT2D eigenvalue weighted by molar-refractivity contribution is 6.01. The monoisotopic (exact) mass is 312 g/mol. The van der Waals surface area contributed by atoms with Crippen LogP contribution in [-0.4, -0.2) is 29.4 Å². The topological polar surface area (TPSA) is 75.6 Å². The first-order valence-electron chi connectivity index (χ1n) is 7.78. The average Bonchev–Trinajstić information content (AvgIpc) is 3.04. The predicted molar refractivity (Wildman–Crippen MR) is 90.7 cm³/mol. The highest BCUT2D eigenvalue weighted by Crippen LogP contribution is 2.24. The molecule has 1 aromatic carbocycles. The average molecular weight is 312 g/mol. The van der Waals surface area contributed by atoms with Crippen molar-refractivity contribution in [3.63, 3.8) is 0 Å². The van der Waals surface area contributed by atoms with Crippen LogP contribution in [0.3, 0.4) is 0 Å². The van der Waals surface area contributed by atoms with Gasteiger partial charge in [-0.1, -0.05) is 18.1 Å². The fourth-order valence-corrected chi connectivity index (χ4v) is 2.60. The number of pyridine rings is 1. The minimum atomic E-state index is -0.257. The second kappa shape index (κ2) is 6.64. The van der Waals surface area contributed by atoms with E-state index < -0.39 is 0 Å². The van der Waals surface area contributed by atoms with Gasteiger partial charge >= 0.3 is 6.03 Å². The number of amides is 2. The summed E-state index contributed by atoms with van der Waals surface area (Å²) in [6, 6.07) is 7.40. The molecule has 0 spiro atoms. The first-order valence-corrected chi connectivity index (χ1v) is 7.78. The standard InChI is InChI=1S/C17H20N4O2/c1-3-12-9-13(23-21-12)10-19-17(22)20-15-7-6-11(2)16-14(15)5-4-8-18-16/h4-8,13H,3,9-10H2,1-2H3,(H2,19,20,22)/t13-/m1/s1. The van der Waals surface area contributed by atoms with Crippen molar-refractivity contribution in [1.82, 2.24) is 10.3 Å². The number of fused-ring (bicyclic) bond motifs is 1. The van der Waals surface area contributed by atoms with E-state index in [1.54, 1.807) is 6.20 Å². The van der Waals surface area contributed by atoms with E-state index >= 15 is 0 Å². The quantitative estimate of drug-likeness (QED) is 0.910. The number of carbonyl (C=O) groups is 1. The summed E-state index contributed by atoms with van der Waals surface area (Å²) < 4.78 is 0. The molecule has 0 unspecified atom stereocenters. The summed E-state index contributed by atoms with van der Waals surface area (Å²) >= 11 is 0. The molecule has 0 bridgehead atoms. The van der Waals surface area contributed by atoms with E-state index in [1.165, 1.54) is 0 Å². The maximum atomic E-state index is 12.1. The maximum Gasteiger partial charge on any atom is 0.319 e. The van der Waals surface area contributed by atoms with E-state index in [-0.39, 0.29) is 12.1 Å². The summed E-state index contributed by atoms with van der Waals surface area (Å²) in [6.07, 6.45) is 3.33. The minimum absolute atomic E-state index is 0.0767. The van der Waals surface area contributed by atoms with Crippen molar-refractivity contribution in [3.8, 4) is 0 Å². The molecular weight excluding hydrogens is 292 g/mol. The van der Waals surface area contributed by atoms with Gasteiger partial charge in [0.2, 0.25) is 0 Å². The molecule has 2 amide bonds. The van der Waals surface area contributed by atoms with Gasteiger partial charge in [-0.3, -0.25) is 4.98 Å². The largest absolute Gasteiger partial charge is 0.390 e. The summed E-state index contributed by atoms with van der Waals surface area (Å²) in [6.45, 7) is 4.48. The van der Waals surface area contributed by atoms with Gasteiger partial charge < -0.3 is 15.5 Å². The molecule has 1 aliphatic rings. The van der Waals surface area contributed by atoms with E-state index in [4.69, 9.17) is 4.84 Å². The number of oxime groups is 1. The molecule has 6 nitrogen and oxygen atoms in total. The second-order valence-electron chi connectivity index (χ2n) is 5.61. The molecule has 0 aliphatic carbocycles. The van der Waals surface area contributed by atoms with Crippen LogP contribution >= 0.6 is 0 Å². The van der Waals surface area contributed by atoms with E-state index in [1.807, 2.05) is 38.1 Å². The highest BCUT2D eigenvalue weighted by Gasteiger charge is 2.20. The van der Waals surface area contributed by atoms with Gasteiger partial charge in [0.15, 0.2) is 0 Å². The first kappa shape index (κ1) is 15.3. The van der Waals surface area contributed by atoms with Crippen LogP contribution in [0, 0.1) is 6.92 Å². The van der Waals surface area contributed by atoms with E-state index in [2.05, 4.69) is 20.8 Å². The molecular formula is C17H20N4O2. The molecule has 0 saturated carbocycles. The third-order valence-electron chi connectivity index (χ3n) is 3.91. The molecule has 0 radical (unpaired) electrons. The number of aromatic nitrogens is 1. The molecule has 3 rings (SSSR count). The lowest BCUT2D eigenvalue weighted by Gasteiger charge is -2.13. The fourth-order valence-electron chi connectivity index (χ4n) is 2.60. The molecule has 1 atom stereocenters. The van der Waals surface area contributed by atoms with Crippen molar-refractivity contribution in [2.75, 3.05) is 11.9 Å². The molecule has 2 aromatic rings. The van der Waals surface area contributed by atoms with Crippen LogP contribution in [0.5, 0.6) is 0 Å². The Hall–Kier alpha value is -2.63. The van der Waals surface area contributed by atoms with E-state index in [9.17, 15) is 4.79 Å². The molecule has 0 fully saturated rings. The highest BCUT2D eigenvalue weighted by atomic mass is 16.6. The van der Waals surface area contributed by atoms with Gasteiger partial charge in [-0.2, -0.15) is 0 Å². The summed E-state index contributed by atoms with van der Waals surface area (Å²) in [5, 5.41) is 10.6. The first-order chi connectivity index (χ1) is 11.2. The smallest absolute Gasteiger partial charge is 0.319 e. The number of anilines is 1. The second-order valence-corrected chi connectivity index (χ2v) is 5.61. The van der Waals surface area contributed by atoms with Crippen molar-refractivity contribution in [2.24, 2.45) is 5.16 Å². The molecule has 0 saturated heterocycles. The zero-order valence-corrected chi connectivity index (χ0v) is 13.3. The third kappa shape index (κ3) is 3.41. The number of benzene rings is 1. The van der Waals surface area contributed by atoms with Gasteiger partial charge in [0.1, 0.15) is 6.10 Å². The molecule has 6 heteroatoms. The Morgan fingerprint density at radius 3 is 3.04 bits per heavy atom. The number of hydrogen-bond donors (Lipinski definition) is 2. The Labute approximate surface area is 134 Å². The maximum absolute atomic E-state index is 12.1. The molecule has 23 heavy (non-hydrogen) atoms. The lowest BCUT2D eigenvalue weighted by atomic mass is 10.1. The van der Waals surface area contributed by atoms with Crippen LogP contribution in [0.1, 0.15) is 25.3 Å². The molecule has 2 N–H and O–H groups in total. The van der Waals surface area contributed by atoms with Crippen LogP contribution in [0.25, 0.3) is 10.9 Å². The number of nitrogens with one attached hydrogen (secondary N) is 2. The normalized spacial score (nSPS) is 16.8. The zero-order valence-electron chi connectivity index (χ0n) is 13.3. The Morgan fingerprint density at radius 1 is 1.39 bits per heavy atom.